The Kier molecular flexibility index (Phi) is 5.07. The van der Waals surface area contributed by atoms with Crippen molar-refractivity contribution in [2.45, 2.75) is 45.8 Å². The summed E-state index contributed by atoms with van der Waals surface area (Å²) in [5.74, 6) is -2.53. The molecular weight excluding hydrogens is 415 g/mol. The number of amides is 2. The van der Waals surface area contributed by atoms with Crippen molar-refractivity contribution >= 4 is 11.8 Å². The number of fused-ring (bicyclic) bond motifs is 4. The van der Waals surface area contributed by atoms with Crippen molar-refractivity contribution in [3.05, 3.63) is 75.0 Å². The molecule has 0 saturated carbocycles. The summed E-state index contributed by atoms with van der Waals surface area (Å²) < 4.78 is 15.5. The first-order valence-corrected chi connectivity index (χ1v) is 10.3. The molecule has 2 N–H and O–H groups in total. The topological polar surface area (TPSA) is 94.9 Å². The molecule has 0 spiro atoms. The maximum atomic E-state index is 14.1. The molecule has 1 atom stereocenters. The lowest BCUT2D eigenvalue weighted by molar-refractivity contribution is 0.0545. The van der Waals surface area contributed by atoms with Gasteiger partial charge in [0, 0.05) is 18.3 Å². The van der Waals surface area contributed by atoms with E-state index in [0.29, 0.717) is 0 Å². The number of hydrogen-bond acceptors (Lipinski definition) is 5. The van der Waals surface area contributed by atoms with Gasteiger partial charge in [-0.1, -0.05) is 24.3 Å². The van der Waals surface area contributed by atoms with Crippen LogP contribution >= 0.6 is 0 Å². The fourth-order valence-corrected chi connectivity index (χ4v) is 3.96. The van der Waals surface area contributed by atoms with Crippen molar-refractivity contribution in [2.75, 3.05) is 11.7 Å². The van der Waals surface area contributed by atoms with Gasteiger partial charge in [-0.3, -0.25) is 24.1 Å². The Hall–Kier alpha value is -3.62. The van der Waals surface area contributed by atoms with Crippen molar-refractivity contribution in [2.24, 2.45) is 0 Å². The van der Waals surface area contributed by atoms with E-state index in [0.717, 1.165) is 5.56 Å². The number of aryl methyl sites for hydroxylation is 1. The van der Waals surface area contributed by atoms with Crippen LogP contribution in [0.25, 0.3) is 0 Å². The van der Waals surface area contributed by atoms with Crippen LogP contribution in [0.5, 0.6) is 5.75 Å². The van der Waals surface area contributed by atoms with E-state index in [9.17, 15) is 23.9 Å². The average Bonchev–Trinajstić information content (AvgIpc) is 2.83. The van der Waals surface area contributed by atoms with E-state index in [1.165, 1.54) is 16.9 Å². The first-order valence-electron chi connectivity index (χ1n) is 10.3. The van der Waals surface area contributed by atoms with Crippen LogP contribution in [0, 0.1) is 12.7 Å². The van der Waals surface area contributed by atoms with Crippen LogP contribution in [0.2, 0.25) is 0 Å². The Balaban J connectivity index is 1.72. The number of pyridine rings is 1. The molecule has 2 amide bonds. The highest BCUT2D eigenvalue weighted by Crippen LogP contribution is 2.30. The molecule has 1 aromatic heterocycles. The molecule has 1 aromatic carbocycles. The van der Waals surface area contributed by atoms with Crippen LogP contribution in [-0.4, -0.2) is 44.7 Å². The second-order valence-corrected chi connectivity index (χ2v) is 8.76. The summed E-state index contributed by atoms with van der Waals surface area (Å²) in [6.45, 7) is 7.49. The quantitative estimate of drug-likeness (QED) is 0.713. The highest BCUT2D eigenvalue weighted by molar-refractivity contribution is 5.99. The summed E-state index contributed by atoms with van der Waals surface area (Å²) in [5.41, 5.74) is -1.08. The first kappa shape index (κ1) is 21.6. The van der Waals surface area contributed by atoms with Crippen molar-refractivity contribution in [3.8, 4) is 5.75 Å². The third-order valence-corrected chi connectivity index (χ3v) is 6.02. The molecule has 168 valence electrons. The van der Waals surface area contributed by atoms with Gasteiger partial charge in [0.2, 0.25) is 5.43 Å². The molecule has 3 heterocycles. The summed E-state index contributed by atoms with van der Waals surface area (Å²) in [4.78, 5) is 40.3. The molecule has 0 radical (unpaired) electrons. The molecule has 2 aromatic rings. The molecule has 0 aliphatic carbocycles. The fourth-order valence-electron chi connectivity index (χ4n) is 3.96. The van der Waals surface area contributed by atoms with Gasteiger partial charge in [-0.25, -0.2) is 4.39 Å². The van der Waals surface area contributed by atoms with Crippen LogP contribution in [0.3, 0.4) is 0 Å². The average molecular weight is 440 g/mol. The molecule has 0 saturated heterocycles. The number of rotatable bonds is 3. The van der Waals surface area contributed by atoms with Crippen LogP contribution in [0.15, 0.2) is 41.3 Å². The lowest BCUT2D eigenvalue weighted by Crippen LogP contribution is -2.60. The van der Waals surface area contributed by atoms with Crippen LogP contribution in [-0.2, 0) is 6.54 Å². The molecule has 0 fully saturated rings. The van der Waals surface area contributed by atoms with Crippen molar-refractivity contribution < 1.29 is 19.1 Å². The number of carbonyl (C=O) groups is 2. The Morgan fingerprint density at radius 1 is 1.31 bits per heavy atom. The molecule has 2 aliphatic heterocycles. The molecule has 9 heteroatoms. The van der Waals surface area contributed by atoms with Gasteiger partial charge in [0.1, 0.15) is 18.0 Å². The monoisotopic (exact) mass is 440 g/mol. The zero-order valence-electron chi connectivity index (χ0n) is 18.3. The largest absolute Gasteiger partial charge is 0.502 e. The molecule has 2 bridgehead atoms. The van der Waals surface area contributed by atoms with E-state index in [1.54, 1.807) is 29.0 Å². The number of benzene rings is 1. The Morgan fingerprint density at radius 3 is 2.72 bits per heavy atom. The molecule has 4 rings (SSSR count). The third kappa shape index (κ3) is 3.43. The number of carbonyl (C=O) groups excluding carboxylic acids is 2. The van der Waals surface area contributed by atoms with E-state index >= 15 is 0 Å². The third-order valence-electron chi connectivity index (χ3n) is 6.02. The van der Waals surface area contributed by atoms with Crippen molar-refractivity contribution in [3.63, 3.8) is 0 Å². The van der Waals surface area contributed by atoms with Gasteiger partial charge in [-0.2, -0.15) is 0 Å². The van der Waals surface area contributed by atoms with Crippen LogP contribution in [0.1, 0.15) is 52.7 Å². The Labute approximate surface area is 184 Å². The minimum atomic E-state index is -0.953. The number of halogens is 1. The molecule has 2 aliphatic rings. The number of aromatic hydroxyl groups is 1. The highest BCUT2D eigenvalue weighted by Gasteiger charge is 2.42. The smallest absolute Gasteiger partial charge is 0.278 e. The van der Waals surface area contributed by atoms with Gasteiger partial charge in [0.05, 0.1) is 11.6 Å². The van der Waals surface area contributed by atoms with Gasteiger partial charge >= 0.3 is 0 Å². The molecule has 0 unspecified atom stereocenters. The number of aromatic nitrogens is 1. The van der Waals surface area contributed by atoms with Gasteiger partial charge in [-0.15, -0.1) is 0 Å². The van der Waals surface area contributed by atoms with E-state index in [4.69, 9.17) is 0 Å². The van der Waals surface area contributed by atoms with Crippen molar-refractivity contribution in [1.82, 2.24) is 14.9 Å². The van der Waals surface area contributed by atoms with Crippen LogP contribution in [0.4, 0.5) is 4.39 Å². The summed E-state index contributed by atoms with van der Waals surface area (Å²) in [7, 11) is 0. The SMILES string of the molecule is Cc1ccc(CNC(=O)c2cn3c(c(O)c2=O)C(=O)N2CN3[C@@H](C)C=CC2(C)C)c(F)c1. The normalized spacial score (nSPS) is 18.9. The van der Waals surface area contributed by atoms with E-state index in [1.807, 2.05) is 32.9 Å². The number of nitrogens with one attached hydrogen (secondary N) is 1. The Bertz CT molecular complexity index is 1220. The van der Waals surface area contributed by atoms with E-state index in [-0.39, 0.29) is 36.1 Å². The maximum absolute atomic E-state index is 14.1. The minimum absolute atomic E-state index is 0.128. The zero-order chi connectivity index (χ0) is 23.4. The number of hydrogen-bond donors (Lipinski definition) is 2. The first-order chi connectivity index (χ1) is 15.0. The lowest BCUT2D eigenvalue weighted by atomic mass is 10.0. The summed E-state index contributed by atoms with van der Waals surface area (Å²) in [6, 6.07) is 4.46. The predicted molar refractivity (Wildman–Crippen MR) is 117 cm³/mol. The standard InChI is InChI=1S/C23H25FN4O4/c1-13-5-6-15(17(24)9-13)10-25-21(31)16-11-27-18(20(30)19(16)29)22(32)26-12-28(27)14(2)7-8-23(26,3)4/h5-9,11,14,30H,10,12H2,1-4H3,(H,25,31)/t14-/m0/s1. The highest BCUT2D eigenvalue weighted by atomic mass is 19.1. The van der Waals surface area contributed by atoms with E-state index < -0.39 is 34.3 Å². The fraction of sp³-hybridized carbons (Fsp3) is 0.348. The predicted octanol–water partition coefficient (Wildman–Crippen LogP) is 2.02. The summed E-state index contributed by atoms with van der Waals surface area (Å²) in [5, 5.41) is 14.9. The Morgan fingerprint density at radius 2 is 2.03 bits per heavy atom. The molecular formula is C23H25FN4O4. The second kappa shape index (κ2) is 7.51. The summed E-state index contributed by atoms with van der Waals surface area (Å²) in [6.07, 6.45) is 5.09. The zero-order valence-corrected chi connectivity index (χ0v) is 18.3. The van der Waals surface area contributed by atoms with Gasteiger partial charge in [0.15, 0.2) is 11.4 Å². The van der Waals surface area contributed by atoms with Crippen molar-refractivity contribution in [1.29, 1.82) is 0 Å². The summed E-state index contributed by atoms with van der Waals surface area (Å²) >= 11 is 0. The van der Waals surface area contributed by atoms with Gasteiger partial charge in [-0.05, 0) is 39.3 Å². The van der Waals surface area contributed by atoms with Gasteiger partial charge in [0.25, 0.3) is 11.8 Å². The maximum Gasteiger partial charge on any atom is 0.278 e. The second-order valence-electron chi connectivity index (χ2n) is 8.76. The van der Waals surface area contributed by atoms with Crippen LogP contribution < -0.4 is 15.8 Å². The molecule has 32 heavy (non-hydrogen) atoms. The number of nitrogens with zero attached hydrogens (tertiary/aromatic N) is 3. The van der Waals surface area contributed by atoms with E-state index in [2.05, 4.69) is 5.32 Å². The minimum Gasteiger partial charge on any atom is -0.502 e. The molecule has 8 nitrogen and oxygen atoms in total. The van der Waals surface area contributed by atoms with Gasteiger partial charge < -0.3 is 15.3 Å². The lowest BCUT2D eigenvalue weighted by Gasteiger charge is -2.45.